The van der Waals surface area contributed by atoms with E-state index in [2.05, 4.69) is 10.5 Å². The number of halogens is 2. The van der Waals surface area contributed by atoms with Crippen molar-refractivity contribution in [2.45, 2.75) is 56.0 Å². The molecule has 2 atom stereocenters. The predicted octanol–water partition coefficient (Wildman–Crippen LogP) is 4.14. The third kappa shape index (κ3) is 2.39. The highest BCUT2D eigenvalue weighted by molar-refractivity contribution is 8.12. The van der Waals surface area contributed by atoms with Crippen LogP contribution in [0.15, 0.2) is 22.6 Å². The van der Waals surface area contributed by atoms with Gasteiger partial charge in [-0.2, -0.15) is 8.42 Å². The molecule has 4 rings (SSSR count). The Hall–Kier alpha value is -0.780. The third-order valence-electron chi connectivity index (χ3n) is 5.66. The lowest BCUT2D eigenvalue weighted by Gasteiger charge is -2.51. The van der Waals surface area contributed by atoms with Gasteiger partial charge in [-0.1, -0.05) is 24.1 Å². The van der Waals surface area contributed by atoms with Gasteiger partial charge >= 0.3 is 9.24 Å². The summed E-state index contributed by atoms with van der Waals surface area (Å²) in [5, 5.41) is 0.736. The molecule has 1 saturated carbocycles. The molecule has 1 saturated heterocycles. The van der Waals surface area contributed by atoms with Crippen LogP contribution in [0.3, 0.4) is 0 Å². The van der Waals surface area contributed by atoms with Crippen LogP contribution in [-0.2, 0) is 25.8 Å². The van der Waals surface area contributed by atoms with Crippen LogP contribution in [0, 0.1) is 0 Å². The summed E-state index contributed by atoms with van der Waals surface area (Å²) in [5.74, 6) is 0.254. The molecule has 7 heteroatoms. The van der Waals surface area contributed by atoms with Crippen molar-refractivity contribution in [1.82, 2.24) is 0 Å². The number of hydrogen-bond acceptors (Lipinski definition) is 3. The van der Waals surface area contributed by atoms with Crippen molar-refractivity contribution in [2.24, 2.45) is 4.40 Å². The van der Waals surface area contributed by atoms with Crippen LogP contribution in [0.5, 0.6) is 0 Å². The SMILES string of the molecule is O=S(=O)(Cl)N=C1C[C@]23CCCC[C@]2(CCc2cc(Cl)ccc23)O1. The average Bonchev–Trinajstić information content (AvgIpc) is 2.79. The van der Waals surface area contributed by atoms with Gasteiger partial charge in [0.25, 0.3) is 0 Å². The maximum atomic E-state index is 11.4. The van der Waals surface area contributed by atoms with E-state index in [-0.39, 0.29) is 16.9 Å². The topological polar surface area (TPSA) is 55.7 Å². The third-order valence-corrected chi connectivity index (χ3v) is 6.53. The molecular weight excluding hydrogens is 357 g/mol. The molecule has 2 fully saturated rings. The van der Waals surface area contributed by atoms with E-state index in [9.17, 15) is 8.42 Å². The normalized spacial score (nSPS) is 34.4. The molecule has 1 aromatic carbocycles. The molecule has 0 radical (unpaired) electrons. The molecule has 0 N–H and O–H groups in total. The minimum Gasteiger partial charge on any atom is -0.473 e. The highest BCUT2D eigenvalue weighted by Gasteiger charge is 2.63. The molecule has 0 spiro atoms. The smallest absolute Gasteiger partial charge is 0.342 e. The number of fused-ring (bicyclic) bond motifs is 1. The zero-order valence-corrected chi connectivity index (χ0v) is 14.8. The van der Waals surface area contributed by atoms with Crippen LogP contribution in [0.2, 0.25) is 5.02 Å². The van der Waals surface area contributed by atoms with Gasteiger partial charge in [-0.3, -0.25) is 0 Å². The fraction of sp³-hybridized carbons (Fsp3) is 0.562. The Labute approximate surface area is 145 Å². The van der Waals surface area contributed by atoms with Crippen molar-refractivity contribution >= 4 is 37.4 Å². The molecule has 0 aromatic heterocycles. The summed E-state index contributed by atoms with van der Waals surface area (Å²) in [7, 11) is 1.34. The second-order valence-electron chi connectivity index (χ2n) is 6.76. The maximum absolute atomic E-state index is 11.4. The summed E-state index contributed by atoms with van der Waals surface area (Å²) in [6.07, 6.45) is 6.34. The first-order valence-electron chi connectivity index (χ1n) is 7.85. The number of ether oxygens (including phenoxy) is 1. The molecule has 23 heavy (non-hydrogen) atoms. The van der Waals surface area contributed by atoms with E-state index in [0.717, 1.165) is 43.5 Å². The molecule has 1 aromatic rings. The van der Waals surface area contributed by atoms with Crippen molar-refractivity contribution in [3.63, 3.8) is 0 Å². The molecule has 0 amide bonds. The molecule has 0 bridgehead atoms. The largest absolute Gasteiger partial charge is 0.473 e. The second-order valence-corrected chi connectivity index (χ2v) is 9.37. The number of aryl methyl sites for hydroxylation is 1. The molecule has 1 heterocycles. The van der Waals surface area contributed by atoms with Crippen molar-refractivity contribution in [3.8, 4) is 0 Å². The first-order chi connectivity index (χ1) is 10.8. The van der Waals surface area contributed by atoms with Gasteiger partial charge in [0.1, 0.15) is 5.60 Å². The standard InChI is InChI=1S/C16H17Cl2NO3S/c17-12-3-4-13-11(9-12)5-8-16-7-2-1-6-15(13,16)10-14(22-16)19-23(18,20)21/h3-4,9H,1-2,5-8,10H2/t15-,16+/m0/s1. The van der Waals surface area contributed by atoms with Gasteiger partial charge in [-0.25, -0.2) is 0 Å². The number of nitrogens with zero attached hydrogens (tertiary/aromatic N) is 1. The van der Waals surface area contributed by atoms with E-state index in [4.69, 9.17) is 27.0 Å². The van der Waals surface area contributed by atoms with Gasteiger partial charge in [0, 0.05) is 27.5 Å². The van der Waals surface area contributed by atoms with Crippen molar-refractivity contribution in [3.05, 3.63) is 34.3 Å². The van der Waals surface area contributed by atoms with E-state index in [0.29, 0.717) is 6.42 Å². The van der Waals surface area contributed by atoms with E-state index >= 15 is 0 Å². The zero-order valence-electron chi connectivity index (χ0n) is 12.5. The molecular formula is C16H17Cl2NO3S. The minimum atomic E-state index is -3.97. The zero-order chi connectivity index (χ0) is 16.3. The Morgan fingerprint density at radius 2 is 1.96 bits per heavy atom. The van der Waals surface area contributed by atoms with Gasteiger partial charge in [0.2, 0.25) is 5.90 Å². The van der Waals surface area contributed by atoms with E-state index < -0.39 is 9.24 Å². The van der Waals surface area contributed by atoms with Crippen LogP contribution in [0.25, 0.3) is 0 Å². The maximum Gasteiger partial charge on any atom is 0.342 e. The first-order valence-corrected chi connectivity index (χ1v) is 10.5. The Balaban J connectivity index is 1.89. The monoisotopic (exact) mass is 373 g/mol. The lowest BCUT2D eigenvalue weighted by molar-refractivity contribution is -0.0324. The van der Waals surface area contributed by atoms with Crippen LogP contribution in [-0.4, -0.2) is 19.9 Å². The van der Waals surface area contributed by atoms with Crippen molar-refractivity contribution < 1.29 is 13.2 Å². The van der Waals surface area contributed by atoms with Gasteiger partial charge in [0.05, 0.1) is 0 Å². The van der Waals surface area contributed by atoms with Crippen LogP contribution in [0.4, 0.5) is 0 Å². The van der Waals surface area contributed by atoms with Crippen LogP contribution in [0.1, 0.15) is 49.7 Å². The molecule has 0 unspecified atom stereocenters. The van der Waals surface area contributed by atoms with E-state index in [1.54, 1.807) is 0 Å². The summed E-state index contributed by atoms with van der Waals surface area (Å²) >= 11 is 6.15. The lowest BCUT2D eigenvalue weighted by Crippen LogP contribution is -2.53. The highest BCUT2D eigenvalue weighted by Crippen LogP contribution is 2.60. The van der Waals surface area contributed by atoms with E-state index in [1.807, 2.05) is 12.1 Å². The fourth-order valence-electron chi connectivity index (χ4n) is 4.86. The van der Waals surface area contributed by atoms with E-state index in [1.165, 1.54) is 11.1 Å². The Morgan fingerprint density at radius 1 is 1.17 bits per heavy atom. The summed E-state index contributed by atoms with van der Waals surface area (Å²) in [5.41, 5.74) is 1.93. The van der Waals surface area contributed by atoms with Gasteiger partial charge < -0.3 is 4.74 Å². The quantitative estimate of drug-likeness (QED) is 0.695. The highest BCUT2D eigenvalue weighted by atomic mass is 35.7. The summed E-state index contributed by atoms with van der Waals surface area (Å²) < 4.78 is 32.5. The van der Waals surface area contributed by atoms with Gasteiger partial charge in [0.15, 0.2) is 0 Å². The number of rotatable bonds is 1. The summed E-state index contributed by atoms with van der Waals surface area (Å²) in [4.78, 5) is 0. The number of benzene rings is 1. The average molecular weight is 374 g/mol. The summed E-state index contributed by atoms with van der Waals surface area (Å²) in [6.45, 7) is 0. The van der Waals surface area contributed by atoms with Gasteiger partial charge in [-0.15, -0.1) is 4.40 Å². The van der Waals surface area contributed by atoms with Crippen molar-refractivity contribution in [2.75, 3.05) is 0 Å². The van der Waals surface area contributed by atoms with Crippen LogP contribution >= 0.6 is 22.3 Å². The Morgan fingerprint density at radius 3 is 2.74 bits per heavy atom. The molecule has 1 aliphatic heterocycles. The summed E-state index contributed by atoms with van der Waals surface area (Å²) in [6, 6.07) is 6.02. The Kier molecular flexibility index (Phi) is 3.49. The Bertz CT molecular complexity index is 808. The molecule has 3 aliphatic rings. The predicted molar refractivity (Wildman–Crippen MR) is 90.6 cm³/mol. The van der Waals surface area contributed by atoms with Crippen molar-refractivity contribution in [1.29, 1.82) is 0 Å². The molecule has 124 valence electrons. The first kappa shape index (κ1) is 15.7. The number of hydrogen-bond donors (Lipinski definition) is 0. The lowest BCUT2D eigenvalue weighted by atomic mass is 9.54. The minimum absolute atomic E-state index is 0.205. The molecule has 4 nitrogen and oxygen atoms in total. The second kappa shape index (κ2) is 5.11. The fourth-order valence-corrected chi connectivity index (χ4v) is 5.63. The van der Waals surface area contributed by atoms with Crippen LogP contribution < -0.4 is 0 Å². The molecule has 2 aliphatic carbocycles. The van der Waals surface area contributed by atoms with Gasteiger partial charge in [-0.05, 0) is 55.4 Å².